The van der Waals surface area contributed by atoms with Crippen molar-refractivity contribution in [2.75, 3.05) is 13.1 Å². The van der Waals surface area contributed by atoms with E-state index in [4.69, 9.17) is 17.3 Å². The third-order valence-electron chi connectivity index (χ3n) is 2.09. The van der Waals surface area contributed by atoms with Gasteiger partial charge in [-0.1, -0.05) is 11.6 Å². The summed E-state index contributed by atoms with van der Waals surface area (Å²) in [5, 5.41) is 3.90. The number of rotatable bonds is 4. The molecular weight excluding hydrogens is 212 g/mol. The molecule has 3 N–H and O–H groups in total. The third kappa shape index (κ3) is 2.47. The number of halogens is 1. The van der Waals surface area contributed by atoms with E-state index in [0.717, 1.165) is 24.4 Å². The summed E-state index contributed by atoms with van der Waals surface area (Å²) in [4.78, 5) is 4.43. The van der Waals surface area contributed by atoms with E-state index in [1.54, 1.807) is 0 Å². The van der Waals surface area contributed by atoms with Crippen LogP contribution in [0.4, 0.5) is 0 Å². The van der Waals surface area contributed by atoms with E-state index in [2.05, 4.69) is 10.3 Å². The van der Waals surface area contributed by atoms with Gasteiger partial charge in [-0.25, -0.2) is 4.98 Å². The molecule has 0 saturated carbocycles. The van der Waals surface area contributed by atoms with Crippen LogP contribution in [0.25, 0.3) is 5.65 Å². The summed E-state index contributed by atoms with van der Waals surface area (Å²) in [6.07, 6.45) is 3.81. The number of nitrogens with two attached hydrogens (primary N) is 1. The molecule has 0 radical (unpaired) electrons. The Morgan fingerprint density at radius 3 is 3.07 bits per heavy atom. The second-order valence-corrected chi connectivity index (χ2v) is 3.75. The van der Waals surface area contributed by atoms with Gasteiger partial charge < -0.3 is 15.5 Å². The van der Waals surface area contributed by atoms with Gasteiger partial charge >= 0.3 is 0 Å². The normalized spacial score (nSPS) is 11.1. The molecule has 0 fully saturated rings. The van der Waals surface area contributed by atoms with Crippen LogP contribution in [0.15, 0.2) is 24.5 Å². The number of aromatic nitrogens is 2. The highest BCUT2D eigenvalue weighted by atomic mass is 35.5. The molecule has 80 valence electrons. The summed E-state index contributed by atoms with van der Waals surface area (Å²) in [5.41, 5.74) is 7.28. The molecule has 2 rings (SSSR count). The van der Waals surface area contributed by atoms with E-state index in [0.29, 0.717) is 11.6 Å². The molecule has 4 nitrogen and oxygen atoms in total. The fourth-order valence-corrected chi connectivity index (χ4v) is 1.59. The minimum absolute atomic E-state index is 0.638. The third-order valence-corrected chi connectivity index (χ3v) is 2.32. The fraction of sp³-hybridized carbons (Fsp3) is 0.300. The monoisotopic (exact) mass is 224 g/mol. The van der Waals surface area contributed by atoms with Crippen molar-refractivity contribution in [2.45, 2.75) is 6.54 Å². The Balaban J connectivity index is 2.16. The van der Waals surface area contributed by atoms with E-state index < -0.39 is 0 Å². The first-order valence-corrected chi connectivity index (χ1v) is 5.21. The zero-order valence-electron chi connectivity index (χ0n) is 8.28. The van der Waals surface area contributed by atoms with Gasteiger partial charge in [0.1, 0.15) is 5.65 Å². The van der Waals surface area contributed by atoms with Crippen LogP contribution in [0.2, 0.25) is 5.02 Å². The predicted octanol–water partition coefficient (Wildman–Crippen LogP) is 1.04. The van der Waals surface area contributed by atoms with Gasteiger partial charge in [-0.15, -0.1) is 0 Å². The second kappa shape index (κ2) is 4.61. The van der Waals surface area contributed by atoms with E-state index >= 15 is 0 Å². The Bertz CT molecular complexity index is 452. The number of hydrogen-bond donors (Lipinski definition) is 2. The first-order valence-electron chi connectivity index (χ1n) is 4.83. The SMILES string of the molecule is NCCNCc1cn2cc(Cl)ccc2n1. The Morgan fingerprint density at radius 1 is 1.40 bits per heavy atom. The lowest BCUT2D eigenvalue weighted by molar-refractivity contribution is 0.685. The van der Waals surface area contributed by atoms with E-state index in [-0.39, 0.29) is 0 Å². The lowest BCUT2D eigenvalue weighted by atomic mass is 10.4. The summed E-state index contributed by atoms with van der Waals surface area (Å²) in [6.45, 7) is 2.17. The van der Waals surface area contributed by atoms with Crippen molar-refractivity contribution >= 4 is 17.2 Å². The van der Waals surface area contributed by atoms with Crippen molar-refractivity contribution in [1.82, 2.24) is 14.7 Å². The maximum Gasteiger partial charge on any atom is 0.137 e. The first kappa shape index (κ1) is 10.4. The van der Waals surface area contributed by atoms with E-state index in [9.17, 15) is 0 Å². The van der Waals surface area contributed by atoms with Crippen LogP contribution in [-0.4, -0.2) is 22.5 Å². The van der Waals surface area contributed by atoms with Gasteiger partial charge in [-0.3, -0.25) is 0 Å². The van der Waals surface area contributed by atoms with Crippen molar-refractivity contribution in [2.24, 2.45) is 5.73 Å². The Morgan fingerprint density at radius 2 is 2.27 bits per heavy atom. The summed E-state index contributed by atoms with van der Waals surface area (Å²) in [5.74, 6) is 0. The summed E-state index contributed by atoms with van der Waals surface area (Å²) in [7, 11) is 0. The van der Waals surface area contributed by atoms with Crippen molar-refractivity contribution in [1.29, 1.82) is 0 Å². The van der Waals surface area contributed by atoms with Gasteiger partial charge in [-0.05, 0) is 12.1 Å². The topological polar surface area (TPSA) is 55.3 Å². The summed E-state index contributed by atoms with van der Waals surface area (Å²) < 4.78 is 1.92. The van der Waals surface area contributed by atoms with Gasteiger partial charge in [0, 0.05) is 32.0 Å². The fourth-order valence-electron chi connectivity index (χ4n) is 1.42. The van der Waals surface area contributed by atoms with E-state index in [1.165, 1.54) is 0 Å². The molecule has 0 spiro atoms. The standard InChI is InChI=1S/C10H13ClN4/c11-8-1-2-10-14-9(5-13-4-3-12)7-15(10)6-8/h1-2,6-7,13H,3-5,12H2. The molecule has 0 aromatic carbocycles. The van der Waals surface area contributed by atoms with Crippen molar-refractivity contribution < 1.29 is 0 Å². The maximum atomic E-state index is 5.87. The molecule has 2 aromatic rings. The van der Waals surface area contributed by atoms with Crippen molar-refractivity contribution in [3.8, 4) is 0 Å². The number of fused-ring (bicyclic) bond motifs is 1. The summed E-state index contributed by atoms with van der Waals surface area (Å²) >= 11 is 5.87. The molecule has 0 saturated heterocycles. The Kier molecular flexibility index (Phi) is 3.20. The quantitative estimate of drug-likeness (QED) is 0.763. The van der Waals surface area contributed by atoms with Crippen molar-refractivity contribution in [3.05, 3.63) is 35.2 Å². The number of nitrogens with one attached hydrogen (secondary N) is 1. The molecule has 0 amide bonds. The lowest BCUT2D eigenvalue weighted by Gasteiger charge is -1.97. The molecule has 2 aromatic heterocycles. The smallest absolute Gasteiger partial charge is 0.137 e. The average Bonchev–Trinajstić information content (AvgIpc) is 2.60. The molecule has 0 atom stereocenters. The van der Waals surface area contributed by atoms with Crippen LogP contribution >= 0.6 is 11.6 Å². The minimum Gasteiger partial charge on any atom is -0.329 e. The van der Waals surface area contributed by atoms with Gasteiger partial charge in [0.25, 0.3) is 0 Å². The van der Waals surface area contributed by atoms with Crippen LogP contribution in [0, 0.1) is 0 Å². The molecule has 0 aliphatic rings. The Labute approximate surface area is 93.1 Å². The number of pyridine rings is 1. The largest absolute Gasteiger partial charge is 0.329 e. The molecule has 2 heterocycles. The minimum atomic E-state index is 0.638. The molecular formula is C10H13ClN4. The highest BCUT2D eigenvalue weighted by molar-refractivity contribution is 6.30. The maximum absolute atomic E-state index is 5.87. The second-order valence-electron chi connectivity index (χ2n) is 3.31. The van der Waals surface area contributed by atoms with E-state index in [1.807, 2.05) is 28.9 Å². The van der Waals surface area contributed by atoms with Crippen LogP contribution in [0.1, 0.15) is 5.69 Å². The summed E-state index contributed by atoms with van der Waals surface area (Å²) in [6, 6.07) is 3.73. The average molecular weight is 225 g/mol. The molecule has 15 heavy (non-hydrogen) atoms. The van der Waals surface area contributed by atoms with Crippen molar-refractivity contribution in [3.63, 3.8) is 0 Å². The first-order chi connectivity index (χ1) is 7.29. The molecule has 0 unspecified atom stereocenters. The van der Waals surface area contributed by atoms with Crippen LogP contribution < -0.4 is 11.1 Å². The van der Waals surface area contributed by atoms with Crippen LogP contribution in [0.5, 0.6) is 0 Å². The van der Waals surface area contributed by atoms with Gasteiger partial charge in [0.2, 0.25) is 0 Å². The van der Waals surface area contributed by atoms with Gasteiger partial charge in [0.15, 0.2) is 0 Å². The Hall–Kier alpha value is -1.10. The molecule has 0 bridgehead atoms. The number of hydrogen-bond acceptors (Lipinski definition) is 3. The predicted molar refractivity (Wildman–Crippen MR) is 61.0 cm³/mol. The van der Waals surface area contributed by atoms with Gasteiger partial charge in [-0.2, -0.15) is 0 Å². The van der Waals surface area contributed by atoms with Gasteiger partial charge in [0.05, 0.1) is 10.7 Å². The highest BCUT2D eigenvalue weighted by Crippen LogP contribution is 2.11. The number of nitrogens with zero attached hydrogens (tertiary/aromatic N) is 2. The number of imidazole rings is 1. The highest BCUT2D eigenvalue weighted by Gasteiger charge is 2.00. The molecule has 0 aliphatic carbocycles. The van der Waals surface area contributed by atoms with Crippen LogP contribution in [0.3, 0.4) is 0 Å². The molecule has 5 heteroatoms. The zero-order chi connectivity index (χ0) is 10.7. The zero-order valence-corrected chi connectivity index (χ0v) is 9.04. The molecule has 0 aliphatic heterocycles. The van der Waals surface area contributed by atoms with Crippen LogP contribution in [-0.2, 0) is 6.54 Å². The lowest BCUT2D eigenvalue weighted by Crippen LogP contribution is -2.21.